The number of rotatable bonds is 6. The third kappa shape index (κ3) is 3.33. The van der Waals surface area contributed by atoms with Crippen molar-refractivity contribution in [1.82, 2.24) is 10.1 Å². The molecule has 19 heavy (non-hydrogen) atoms. The molecular weight excluding hydrogens is 264 g/mol. The average molecular weight is 281 g/mol. The van der Waals surface area contributed by atoms with Crippen LogP contribution in [0.4, 0.5) is 0 Å². The van der Waals surface area contributed by atoms with E-state index in [9.17, 15) is 0 Å². The standard InChI is InChI=1S/C14H17ClN2O2/c1-3-7-11(18-2)13-16-14(19-17-13)12(15)10-8-5-4-6-9-10/h4-6,8-9,11-12H,3,7H2,1-2H3. The van der Waals surface area contributed by atoms with Gasteiger partial charge in [0.05, 0.1) is 0 Å². The number of alkyl halides is 1. The Balaban J connectivity index is 2.16. The monoisotopic (exact) mass is 280 g/mol. The number of hydrogen-bond acceptors (Lipinski definition) is 4. The van der Waals surface area contributed by atoms with E-state index >= 15 is 0 Å². The lowest BCUT2D eigenvalue weighted by atomic mass is 10.1. The van der Waals surface area contributed by atoms with Gasteiger partial charge in [0.15, 0.2) is 0 Å². The summed E-state index contributed by atoms with van der Waals surface area (Å²) < 4.78 is 10.6. The molecule has 0 saturated carbocycles. The first-order valence-corrected chi connectivity index (χ1v) is 6.75. The fourth-order valence-corrected chi connectivity index (χ4v) is 2.09. The van der Waals surface area contributed by atoms with Gasteiger partial charge in [-0.15, -0.1) is 11.6 Å². The number of methoxy groups -OCH3 is 1. The van der Waals surface area contributed by atoms with E-state index in [1.165, 1.54) is 0 Å². The van der Waals surface area contributed by atoms with Crippen LogP contribution < -0.4 is 0 Å². The third-order valence-electron chi connectivity index (χ3n) is 2.89. The molecule has 2 atom stereocenters. The predicted molar refractivity (Wildman–Crippen MR) is 73.1 cm³/mol. The number of aromatic nitrogens is 2. The van der Waals surface area contributed by atoms with Crippen LogP contribution in [0.5, 0.6) is 0 Å². The minimum atomic E-state index is -0.429. The summed E-state index contributed by atoms with van der Waals surface area (Å²) in [4.78, 5) is 4.34. The van der Waals surface area contributed by atoms with Gasteiger partial charge < -0.3 is 9.26 Å². The molecule has 0 aliphatic rings. The molecule has 102 valence electrons. The molecule has 0 bridgehead atoms. The number of nitrogens with zero attached hydrogens (tertiary/aromatic N) is 2. The van der Waals surface area contributed by atoms with Crippen LogP contribution in [0, 0.1) is 0 Å². The van der Waals surface area contributed by atoms with Gasteiger partial charge in [0.1, 0.15) is 11.5 Å². The molecule has 0 fully saturated rings. The summed E-state index contributed by atoms with van der Waals surface area (Å²) in [5.41, 5.74) is 0.934. The van der Waals surface area contributed by atoms with Crippen molar-refractivity contribution in [3.63, 3.8) is 0 Å². The van der Waals surface area contributed by atoms with E-state index in [-0.39, 0.29) is 6.10 Å². The highest BCUT2D eigenvalue weighted by molar-refractivity contribution is 6.22. The van der Waals surface area contributed by atoms with Crippen LogP contribution >= 0.6 is 11.6 Å². The van der Waals surface area contributed by atoms with E-state index in [2.05, 4.69) is 17.1 Å². The topological polar surface area (TPSA) is 48.2 Å². The lowest BCUT2D eigenvalue weighted by Gasteiger charge is -2.08. The lowest BCUT2D eigenvalue weighted by Crippen LogP contribution is -2.03. The normalized spacial score (nSPS) is 14.3. The van der Waals surface area contributed by atoms with Crippen LogP contribution in [-0.2, 0) is 4.74 Å². The van der Waals surface area contributed by atoms with Crippen molar-refractivity contribution in [3.8, 4) is 0 Å². The minimum Gasteiger partial charge on any atom is -0.373 e. The number of benzene rings is 1. The Labute approximate surface area is 117 Å². The summed E-state index contributed by atoms with van der Waals surface area (Å²) in [6.45, 7) is 2.08. The largest absolute Gasteiger partial charge is 0.373 e. The van der Waals surface area contributed by atoms with Crippen LogP contribution in [-0.4, -0.2) is 17.3 Å². The molecule has 0 amide bonds. The Hall–Kier alpha value is -1.39. The van der Waals surface area contributed by atoms with E-state index < -0.39 is 5.38 Å². The summed E-state index contributed by atoms with van der Waals surface area (Å²) in [6, 6.07) is 9.66. The molecule has 2 rings (SSSR count). The fourth-order valence-electron chi connectivity index (χ4n) is 1.86. The third-order valence-corrected chi connectivity index (χ3v) is 3.33. The molecule has 0 aliphatic heterocycles. The Bertz CT molecular complexity index is 501. The molecule has 0 radical (unpaired) electrons. The minimum absolute atomic E-state index is 0.137. The van der Waals surface area contributed by atoms with Gasteiger partial charge in [-0.05, 0) is 12.0 Å². The zero-order chi connectivity index (χ0) is 13.7. The van der Waals surface area contributed by atoms with Gasteiger partial charge in [-0.3, -0.25) is 0 Å². The maximum atomic E-state index is 6.33. The maximum Gasteiger partial charge on any atom is 0.249 e. The first-order valence-electron chi connectivity index (χ1n) is 6.31. The molecule has 0 saturated heterocycles. The molecule has 1 aromatic heterocycles. The van der Waals surface area contributed by atoms with Crippen LogP contribution in [0.25, 0.3) is 0 Å². The zero-order valence-corrected chi connectivity index (χ0v) is 11.8. The van der Waals surface area contributed by atoms with E-state index in [0.717, 1.165) is 18.4 Å². The Morgan fingerprint density at radius 2 is 2.05 bits per heavy atom. The molecule has 0 aliphatic carbocycles. The van der Waals surface area contributed by atoms with Gasteiger partial charge in [0, 0.05) is 7.11 Å². The van der Waals surface area contributed by atoms with Crippen molar-refractivity contribution >= 4 is 11.6 Å². The molecule has 0 spiro atoms. The van der Waals surface area contributed by atoms with Crippen molar-refractivity contribution in [2.75, 3.05) is 7.11 Å². The highest BCUT2D eigenvalue weighted by atomic mass is 35.5. The highest BCUT2D eigenvalue weighted by Gasteiger charge is 2.22. The summed E-state index contributed by atoms with van der Waals surface area (Å²) in [5, 5.41) is 3.53. The quantitative estimate of drug-likeness (QED) is 0.753. The van der Waals surface area contributed by atoms with Gasteiger partial charge in [-0.1, -0.05) is 48.8 Å². The SMILES string of the molecule is CCCC(OC)c1noc(C(Cl)c2ccccc2)n1. The van der Waals surface area contributed by atoms with Gasteiger partial charge >= 0.3 is 0 Å². The summed E-state index contributed by atoms with van der Waals surface area (Å²) in [5.74, 6) is 0.960. The number of hydrogen-bond donors (Lipinski definition) is 0. The van der Waals surface area contributed by atoms with Gasteiger partial charge in [-0.25, -0.2) is 0 Å². The zero-order valence-electron chi connectivity index (χ0n) is 11.0. The first-order chi connectivity index (χ1) is 9.26. The summed E-state index contributed by atoms with van der Waals surface area (Å²) in [6.07, 6.45) is 1.71. The van der Waals surface area contributed by atoms with Crippen LogP contribution in [0.1, 0.15) is 48.5 Å². The van der Waals surface area contributed by atoms with Crippen molar-refractivity contribution < 1.29 is 9.26 Å². The smallest absolute Gasteiger partial charge is 0.249 e. The van der Waals surface area contributed by atoms with E-state index in [4.69, 9.17) is 20.9 Å². The second kappa shape index (κ2) is 6.68. The molecule has 2 unspecified atom stereocenters. The molecule has 2 aromatic rings. The van der Waals surface area contributed by atoms with Crippen LogP contribution in [0.2, 0.25) is 0 Å². The lowest BCUT2D eigenvalue weighted by molar-refractivity contribution is 0.0854. The molecule has 5 heteroatoms. The molecule has 0 N–H and O–H groups in total. The van der Waals surface area contributed by atoms with Crippen LogP contribution in [0.15, 0.2) is 34.9 Å². The highest BCUT2D eigenvalue weighted by Crippen LogP contribution is 2.29. The summed E-state index contributed by atoms with van der Waals surface area (Å²) >= 11 is 6.33. The van der Waals surface area contributed by atoms with E-state index in [1.807, 2.05) is 30.3 Å². The Kier molecular flexibility index (Phi) is 4.93. The Morgan fingerprint density at radius 1 is 1.32 bits per heavy atom. The molecule has 1 heterocycles. The maximum absolute atomic E-state index is 6.33. The number of halogens is 1. The second-order valence-electron chi connectivity index (χ2n) is 4.28. The second-order valence-corrected chi connectivity index (χ2v) is 4.71. The van der Waals surface area contributed by atoms with E-state index in [0.29, 0.717) is 11.7 Å². The molecule has 1 aromatic carbocycles. The summed E-state index contributed by atoms with van der Waals surface area (Å²) in [7, 11) is 1.64. The van der Waals surface area contributed by atoms with Crippen molar-refractivity contribution in [1.29, 1.82) is 0 Å². The van der Waals surface area contributed by atoms with Crippen molar-refractivity contribution in [2.24, 2.45) is 0 Å². The molecule has 4 nitrogen and oxygen atoms in total. The van der Waals surface area contributed by atoms with Crippen molar-refractivity contribution in [3.05, 3.63) is 47.6 Å². The van der Waals surface area contributed by atoms with Crippen molar-refractivity contribution in [2.45, 2.75) is 31.2 Å². The van der Waals surface area contributed by atoms with Gasteiger partial charge in [0.2, 0.25) is 11.7 Å². The van der Waals surface area contributed by atoms with Gasteiger partial charge in [-0.2, -0.15) is 4.98 Å². The van der Waals surface area contributed by atoms with Crippen LogP contribution in [0.3, 0.4) is 0 Å². The number of ether oxygens (including phenoxy) is 1. The first kappa shape index (κ1) is 14.0. The molecular formula is C14H17ClN2O2. The fraction of sp³-hybridized carbons (Fsp3) is 0.429. The average Bonchev–Trinajstić information content (AvgIpc) is 2.94. The predicted octanol–water partition coefficient (Wildman–Crippen LogP) is 3.89. The Morgan fingerprint density at radius 3 is 2.68 bits per heavy atom. The van der Waals surface area contributed by atoms with Gasteiger partial charge in [0.25, 0.3) is 0 Å². The van der Waals surface area contributed by atoms with E-state index in [1.54, 1.807) is 7.11 Å².